The molecule has 122 valence electrons. The van der Waals surface area contributed by atoms with Gasteiger partial charge in [-0.05, 0) is 0 Å². The van der Waals surface area contributed by atoms with Crippen molar-refractivity contribution in [2.24, 2.45) is 0 Å². The van der Waals surface area contributed by atoms with Gasteiger partial charge in [-0.25, -0.2) is 9.59 Å². The zero-order chi connectivity index (χ0) is 17.8. The van der Waals surface area contributed by atoms with Crippen LogP contribution < -0.4 is 0 Å². The standard InChI is InChI=1S/C6H8O7.CH2O3.H2O3Si/c7-3(8)1-6(13,5(11)12)2-4(9)10;2-1(3)4;1-4(2)3/h13H,1-2H2,(H,7,8)(H,9,10)(H,11,12);(H2,2,3,4);1-2H. The average molecular weight is 332 g/mol. The summed E-state index contributed by atoms with van der Waals surface area (Å²) in [5, 5.41) is 47.8. The lowest BCUT2D eigenvalue weighted by molar-refractivity contribution is -0.170. The highest BCUT2D eigenvalue weighted by molar-refractivity contribution is 6.22. The van der Waals surface area contributed by atoms with Gasteiger partial charge in [-0.15, -0.1) is 0 Å². The van der Waals surface area contributed by atoms with Gasteiger partial charge in [-0.2, -0.15) is 0 Å². The molecular formula is C7H12O13Si. The highest BCUT2D eigenvalue weighted by atomic mass is 28.3. The number of hydrogen-bond acceptors (Lipinski definition) is 6. The summed E-state index contributed by atoms with van der Waals surface area (Å²) in [7, 11) is -3.13. The maximum atomic E-state index is 10.3. The molecule has 0 aliphatic carbocycles. The van der Waals surface area contributed by atoms with Crippen LogP contribution in [0.25, 0.3) is 0 Å². The normalized spacial score (nSPS) is 9.00. The lowest BCUT2D eigenvalue weighted by Gasteiger charge is -2.18. The zero-order valence-electron chi connectivity index (χ0n) is 10.0. The number of aliphatic carboxylic acids is 3. The Labute approximate surface area is 116 Å². The van der Waals surface area contributed by atoms with Crippen LogP contribution in [0, 0.1) is 0 Å². The van der Waals surface area contributed by atoms with Gasteiger partial charge in [-0.3, -0.25) is 14.1 Å². The molecule has 0 aromatic carbocycles. The molecule has 0 heterocycles. The van der Waals surface area contributed by atoms with Crippen molar-refractivity contribution in [3.05, 3.63) is 0 Å². The van der Waals surface area contributed by atoms with Crippen molar-refractivity contribution in [2.45, 2.75) is 18.4 Å². The van der Waals surface area contributed by atoms with Crippen LogP contribution in [0.2, 0.25) is 0 Å². The van der Waals surface area contributed by atoms with E-state index in [0.717, 1.165) is 0 Å². The van der Waals surface area contributed by atoms with E-state index in [1.807, 2.05) is 0 Å². The maximum absolute atomic E-state index is 10.3. The molecule has 0 spiro atoms. The molecule has 13 nitrogen and oxygen atoms in total. The second-order valence-electron chi connectivity index (χ2n) is 3.04. The van der Waals surface area contributed by atoms with E-state index in [2.05, 4.69) is 0 Å². The second-order valence-corrected chi connectivity index (χ2v) is 3.61. The molecule has 8 N–H and O–H groups in total. The number of aliphatic hydroxyl groups is 1. The van der Waals surface area contributed by atoms with E-state index in [-0.39, 0.29) is 0 Å². The Morgan fingerprint density at radius 3 is 1.10 bits per heavy atom. The summed E-state index contributed by atoms with van der Waals surface area (Å²) in [4.78, 5) is 53.4. The summed E-state index contributed by atoms with van der Waals surface area (Å²) in [5.74, 6) is -5.02. The molecule has 21 heavy (non-hydrogen) atoms. The van der Waals surface area contributed by atoms with Crippen molar-refractivity contribution in [1.82, 2.24) is 0 Å². The fourth-order valence-electron chi connectivity index (χ4n) is 0.714. The van der Waals surface area contributed by atoms with E-state index in [1.165, 1.54) is 0 Å². The van der Waals surface area contributed by atoms with Gasteiger partial charge in [0.1, 0.15) is 0 Å². The van der Waals surface area contributed by atoms with E-state index in [1.54, 1.807) is 0 Å². The highest BCUT2D eigenvalue weighted by Crippen LogP contribution is 2.15. The third-order valence-corrected chi connectivity index (χ3v) is 1.29. The molecule has 0 saturated heterocycles. The quantitative estimate of drug-likeness (QED) is 0.240. The Morgan fingerprint density at radius 2 is 1.00 bits per heavy atom. The Balaban J connectivity index is -0.000000334. The first kappa shape index (κ1) is 23.4. The van der Waals surface area contributed by atoms with Gasteiger partial charge in [0.15, 0.2) is 5.60 Å². The number of hydrogen-bond donors (Lipinski definition) is 8. The van der Waals surface area contributed by atoms with Gasteiger partial charge in [-0.1, -0.05) is 0 Å². The van der Waals surface area contributed by atoms with Crippen LogP contribution >= 0.6 is 0 Å². The van der Waals surface area contributed by atoms with Crippen LogP contribution in [0.3, 0.4) is 0 Å². The Bertz CT molecular complexity index is 365. The first-order valence-corrected chi connectivity index (χ1v) is 5.78. The minimum atomic E-state index is -3.13. The third kappa shape index (κ3) is 22.9. The maximum Gasteiger partial charge on any atom is 0.761 e. The highest BCUT2D eigenvalue weighted by Gasteiger charge is 2.40. The van der Waals surface area contributed by atoms with Gasteiger partial charge in [0.25, 0.3) is 0 Å². The number of carboxylic acid groups (broad SMARTS) is 5. The largest absolute Gasteiger partial charge is 0.761 e. The molecule has 0 aliphatic heterocycles. The van der Waals surface area contributed by atoms with Crippen molar-refractivity contribution in [3.63, 3.8) is 0 Å². The molecular weight excluding hydrogens is 320 g/mol. The summed E-state index contributed by atoms with van der Waals surface area (Å²) >= 11 is 0. The van der Waals surface area contributed by atoms with Crippen LogP contribution in [-0.4, -0.2) is 79.1 Å². The van der Waals surface area contributed by atoms with E-state index >= 15 is 0 Å². The number of carbonyl (C=O) groups is 4. The van der Waals surface area contributed by atoms with Gasteiger partial charge >= 0.3 is 33.2 Å². The molecule has 0 aliphatic rings. The van der Waals surface area contributed by atoms with E-state index in [9.17, 15) is 14.4 Å². The van der Waals surface area contributed by atoms with Gasteiger partial charge < -0.3 is 40.2 Å². The van der Waals surface area contributed by atoms with Crippen LogP contribution in [0.4, 0.5) is 4.79 Å². The Morgan fingerprint density at radius 1 is 0.810 bits per heavy atom. The lowest BCUT2D eigenvalue weighted by Crippen LogP contribution is -2.42. The number of rotatable bonds is 5. The fourth-order valence-corrected chi connectivity index (χ4v) is 0.714. The summed E-state index contributed by atoms with van der Waals surface area (Å²) in [6, 6.07) is 0. The molecule has 0 fully saturated rings. The fraction of sp³-hybridized carbons (Fsp3) is 0.429. The second kappa shape index (κ2) is 11.1. The van der Waals surface area contributed by atoms with Gasteiger partial charge in [0.2, 0.25) is 0 Å². The summed E-state index contributed by atoms with van der Waals surface area (Å²) in [6.07, 6.45) is -4.12. The molecule has 0 bridgehead atoms. The van der Waals surface area contributed by atoms with Crippen LogP contribution in [0.1, 0.15) is 12.8 Å². The SMILES string of the molecule is O=C(O)CC(O)(CC(=O)O)C(=O)O.O=C(O)O.O=[Si](O)O. The van der Waals surface area contributed by atoms with Crippen LogP contribution in [-0.2, 0) is 18.8 Å². The first-order chi connectivity index (χ1) is 9.24. The zero-order valence-corrected chi connectivity index (χ0v) is 11.0. The summed E-state index contributed by atoms with van der Waals surface area (Å²) < 4.78 is 8.74. The Kier molecular flexibility index (Phi) is 12.4. The molecule has 0 unspecified atom stereocenters. The van der Waals surface area contributed by atoms with Crippen LogP contribution in [0.15, 0.2) is 0 Å². The minimum absolute atomic E-state index is 1.14. The molecule has 0 saturated carbocycles. The smallest absolute Gasteiger partial charge is 0.511 e. The van der Waals surface area contributed by atoms with Crippen LogP contribution in [0.5, 0.6) is 0 Å². The molecule has 0 aromatic rings. The van der Waals surface area contributed by atoms with Gasteiger partial charge in [0.05, 0.1) is 12.8 Å². The predicted molar refractivity (Wildman–Crippen MR) is 58.6 cm³/mol. The van der Waals surface area contributed by atoms with Crippen molar-refractivity contribution < 1.29 is 63.9 Å². The van der Waals surface area contributed by atoms with E-state index in [4.69, 9.17) is 49.5 Å². The molecule has 0 radical (unpaired) electrons. The third-order valence-electron chi connectivity index (χ3n) is 1.29. The predicted octanol–water partition coefficient (Wildman–Crippen LogP) is -2.64. The molecule has 14 heteroatoms. The van der Waals surface area contributed by atoms with Crippen molar-refractivity contribution >= 4 is 33.2 Å². The Hall–Kier alpha value is -2.74. The molecule has 0 atom stereocenters. The minimum Gasteiger partial charge on any atom is -0.511 e. The molecule has 0 rings (SSSR count). The van der Waals surface area contributed by atoms with E-state index in [0.29, 0.717) is 0 Å². The van der Waals surface area contributed by atoms with E-state index < -0.39 is 51.7 Å². The molecule has 0 amide bonds. The monoisotopic (exact) mass is 332 g/mol. The van der Waals surface area contributed by atoms with Crippen molar-refractivity contribution in [2.75, 3.05) is 0 Å². The van der Waals surface area contributed by atoms with Crippen molar-refractivity contribution in [1.29, 1.82) is 0 Å². The molecule has 0 aromatic heterocycles. The first-order valence-electron chi connectivity index (χ1n) is 4.47. The summed E-state index contributed by atoms with van der Waals surface area (Å²) in [5.41, 5.74) is -2.74. The lowest BCUT2D eigenvalue weighted by atomic mass is 9.96. The average Bonchev–Trinajstić information content (AvgIpc) is 2.11. The van der Waals surface area contributed by atoms with Gasteiger partial charge in [0, 0.05) is 0 Å². The summed E-state index contributed by atoms with van der Waals surface area (Å²) in [6.45, 7) is 0. The number of carboxylic acids is 3. The topological polar surface area (TPSA) is 247 Å². The van der Waals surface area contributed by atoms with Crippen molar-refractivity contribution in [3.8, 4) is 0 Å².